The zero-order valence-electron chi connectivity index (χ0n) is 9.87. The van der Waals surface area contributed by atoms with Crippen molar-refractivity contribution in [3.63, 3.8) is 0 Å². The Bertz CT molecular complexity index is 421. The molecular formula is C12H15FN2O2. The summed E-state index contributed by atoms with van der Waals surface area (Å²) in [6.45, 7) is 3.29. The average Bonchev–Trinajstić information content (AvgIpc) is 2.25. The van der Waals surface area contributed by atoms with Crippen molar-refractivity contribution in [1.29, 1.82) is 0 Å². The number of anilines is 1. The standard InChI is InChI=1S/C12H15FN2O2/c1-9(16)14-7-8-15(10(2)17)12-6-4-3-5-11(12)13/h3-6H,7-8H2,1-2H3,(H,14,16). The number of nitrogens with zero attached hydrogens (tertiary/aromatic N) is 1. The molecule has 2 amide bonds. The van der Waals surface area contributed by atoms with Gasteiger partial charge in [0.05, 0.1) is 5.69 Å². The van der Waals surface area contributed by atoms with Crippen molar-refractivity contribution >= 4 is 17.5 Å². The lowest BCUT2D eigenvalue weighted by atomic mass is 10.2. The summed E-state index contributed by atoms with van der Waals surface area (Å²) in [6, 6.07) is 6.05. The molecule has 0 saturated heterocycles. The van der Waals surface area contributed by atoms with Crippen LogP contribution in [0.2, 0.25) is 0 Å². The van der Waals surface area contributed by atoms with Crippen molar-refractivity contribution in [1.82, 2.24) is 5.32 Å². The first-order valence-electron chi connectivity index (χ1n) is 5.29. The molecule has 0 fully saturated rings. The van der Waals surface area contributed by atoms with Gasteiger partial charge in [0.1, 0.15) is 5.82 Å². The maximum Gasteiger partial charge on any atom is 0.224 e. The van der Waals surface area contributed by atoms with E-state index in [2.05, 4.69) is 5.32 Å². The first kappa shape index (κ1) is 13.2. The van der Waals surface area contributed by atoms with Gasteiger partial charge in [-0.05, 0) is 12.1 Å². The van der Waals surface area contributed by atoms with Crippen molar-refractivity contribution in [2.24, 2.45) is 0 Å². The van der Waals surface area contributed by atoms with E-state index < -0.39 is 5.82 Å². The Morgan fingerprint density at radius 2 is 1.94 bits per heavy atom. The Morgan fingerprint density at radius 1 is 1.29 bits per heavy atom. The van der Waals surface area contributed by atoms with E-state index in [-0.39, 0.29) is 24.0 Å². The predicted octanol–water partition coefficient (Wildman–Crippen LogP) is 1.31. The second-order valence-electron chi connectivity index (χ2n) is 3.61. The third-order valence-electron chi connectivity index (χ3n) is 2.23. The van der Waals surface area contributed by atoms with E-state index in [9.17, 15) is 14.0 Å². The largest absolute Gasteiger partial charge is 0.355 e. The van der Waals surface area contributed by atoms with E-state index in [4.69, 9.17) is 0 Å². The van der Waals surface area contributed by atoms with Gasteiger partial charge < -0.3 is 10.2 Å². The fraction of sp³-hybridized carbons (Fsp3) is 0.333. The molecule has 1 rings (SSSR count). The van der Waals surface area contributed by atoms with Crippen LogP contribution in [0, 0.1) is 5.82 Å². The molecule has 0 bridgehead atoms. The molecule has 0 heterocycles. The molecule has 0 aromatic heterocycles. The van der Waals surface area contributed by atoms with Gasteiger partial charge in [-0.15, -0.1) is 0 Å². The Balaban J connectivity index is 2.76. The van der Waals surface area contributed by atoms with Crippen molar-refractivity contribution in [3.8, 4) is 0 Å². The summed E-state index contributed by atoms with van der Waals surface area (Å²) in [5, 5.41) is 2.56. The number of rotatable bonds is 4. The number of carbonyl (C=O) groups excluding carboxylic acids is 2. The maximum atomic E-state index is 13.5. The first-order valence-corrected chi connectivity index (χ1v) is 5.29. The minimum Gasteiger partial charge on any atom is -0.355 e. The quantitative estimate of drug-likeness (QED) is 0.860. The van der Waals surface area contributed by atoms with Gasteiger partial charge >= 0.3 is 0 Å². The Labute approximate surface area is 99.4 Å². The summed E-state index contributed by atoms with van der Waals surface area (Å²) in [7, 11) is 0. The van der Waals surface area contributed by atoms with Gasteiger partial charge in [0, 0.05) is 26.9 Å². The van der Waals surface area contributed by atoms with Crippen LogP contribution >= 0.6 is 0 Å². The van der Waals surface area contributed by atoms with Gasteiger partial charge in [0.15, 0.2) is 0 Å². The molecule has 1 aromatic carbocycles. The summed E-state index contributed by atoms with van der Waals surface area (Å²) in [5.74, 6) is -0.895. The molecule has 0 aliphatic heterocycles. The van der Waals surface area contributed by atoms with Gasteiger partial charge in [-0.2, -0.15) is 0 Å². The number of hydrogen-bond donors (Lipinski definition) is 1. The van der Waals surface area contributed by atoms with Gasteiger partial charge in [0.2, 0.25) is 11.8 Å². The molecule has 0 aliphatic carbocycles. The van der Waals surface area contributed by atoms with Crippen LogP contribution in [0.25, 0.3) is 0 Å². The summed E-state index contributed by atoms with van der Waals surface area (Å²) >= 11 is 0. The number of benzene rings is 1. The number of amides is 2. The zero-order valence-corrected chi connectivity index (χ0v) is 9.87. The molecule has 0 saturated carbocycles. The molecule has 0 radical (unpaired) electrons. The van der Waals surface area contributed by atoms with Crippen molar-refractivity contribution < 1.29 is 14.0 Å². The van der Waals surface area contributed by atoms with Crippen LogP contribution in [0.5, 0.6) is 0 Å². The number of hydrogen-bond acceptors (Lipinski definition) is 2. The minimum absolute atomic E-state index is 0.179. The molecule has 1 N–H and O–H groups in total. The monoisotopic (exact) mass is 238 g/mol. The smallest absolute Gasteiger partial charge is 0.224 e. The van der Waals surface area contributed by atoms with Gasteiger partial charge in [0.25, 0.3) is 0 Å². The maximum absolute atomic E-state index is 13.5. The molecule has 0 unspecified atom stereocenters. The normalized spacial score (nSPS) is 9.82. The van der Waals surface area contributed by atoms with Crippen LogP contribution in [0.3, 0.4) is 0 Å². The first-order chi connectivity index (χ1) is 8.02. The lowest BCUT2D eigenvalue weighted by Crippen LogP contribution is -2.37. The zero-order chi connectivity index (χ0) is 12.8. The van der Waals surface area contributed by atoms with Gasteiger partial charge in [-0.1, -0.05) is 12.1 Å². The van der Waals surface area contributed by atoms with E-state index in [0.29, 0.717) is 6.54 Å². The summed E-state index contributed by atoms with van der Waals surface area (Å²) < 4.78 is 13.5. The molecule has 0 atom stereocenters. The lowest BCUT2D eigenvalue weighted by Gasteiger charge is -2.21. The molecule has 5 heteroatoms. The predicted molar refractivity (Wildman–Crippen MR) is 63.1 cm³/mol. The number of para-hydroxylation sites is 1. The van der Waals surface area contributed by atoms with E-state index in [0.717, 1.165) is 0 Å². The van der Waals surface area contributed by atoms with Gasteiger partial charge in [-0.3, -0.25) is 9.59 Å². The van der Waals surface area contributed by atoms with Crippen molar-refractivity contribution in [3.05, 3.63) is 30.1 Å². The summed E-state index contributed by atoms with van der Waals surface area (Å²) in [4.78, 5) is 23.4. The molecule has 1 aromatic rings. The van der Waals surface area contributed by atoms with Crippen LogP contribution in [-0.4, -0.2) is 24.9 Å². The fourth-order valence-electron chi connectivity index (χ4n) is 1.46. The van der Waals surface area contributed by atoms with Crippen molar-refractivity contribution in [2.45, 2.75) is 13.8 Å². The van der Waals surface area contributed by atoms with Crippen LogP contribution in [-0.2, 0) is 9.59 Å². The van der Waals surface area contributed by atoms with Crippen LogP contribution < -0.4 is 10.2 Å². The Hall–Kier alpha value is -1.91. The van der Waals surface area contributed by atoms with Gasteiger partial charge in [-0.25, -0.2) is 4.39 Å². The summed E-state index contributed by atoms with van der Waals surface area (Å²) in [6.07, 6.45) is 0. The lowest BCUT2D eigenvalue weighted by molar-refractivity contribution is -0.119. The number of halogens is 1. The third-order valence-corrected chi connectivity index (χ3v) is 2.23. The van der Waals surface area contributed by atoms with E-state index in [1.54, 1.807) is 12.1 Å². The number of nitrogens with one attached hydrogen (secondary N) is 1. The second-order valence-corrected chi connectivity index (χ2v) is 3.61. The molecular weight excluding hydrogens is 223 g/mol. The second kappa shape index (κ2) is 5.98. The molecule has 4 nitrogen and oxygen atoms in total. The number of carbonyl (C=O) groups is 2. The Morgan fingerprint density at radius 3 is 2.47 bits per heavy atom. The highest BCUT2D eigenvalue weighted by molar-refractivity contribution is 5.91. The highest BCUT2D eigenvalue weighted by atomic mass is 19.1. The van der Waals surface area contributed by atoms with Crippen LogP contribution in [0.4, 0.5) is 10.1 Å². The topological polar surface area (TPSA) is 49.4 Å². The SMILES string of the molecule is CC(=O)NCCN(C(C)=O)c1ccccc1F. The molecule has 92 valence electrons. The van der Waals surface area contributed by atoms with Crippen LogP contribution in [0.15, 0.2) is 24.3 Å². The molecule has 17 heavy (non-hydrogen) atoms. The highest BCUT2D eigenvalue weighted by Crippen LogP contribution is 2.18. The fourth-order valence-corrected chi connectivity index (χ4v) is 1.46. The van der Waals surface area contributed by atoms with Crippen molar-refractivity contribution in [2.75, 3.05) is 18.0 Å². The summed E-state index contributed by atoms with van der Waals surface area (Å²) in [5.41, 5.74) is 0.227. The van der Waals surface area contributed by atoms with Crippen LogP contribution in [0.1, 0.15) is 13.8 Å². The van der Waals surface area contributed by atoms with E-state index in [1.165, 1.54) is 30.9 Å². The van der Waals surface area contributed by atoms with E-state index >= 15 is 0 Å². The Kier molecular flexibility index (Phi) is 4.63. The molecule has 0 spiro atoms. The van der Waals surface area contributed by atoms with E-state index in [1.807, 2.05) is 0 Å². The highest BCUT2D eigenvalue weighted by Gasteiger charge is 2.14. The molecule has 0 aliphatic rings. The minimum atomic E-state index is -0.453. The average molecular weight is 238 g/mol. The third kappa shape index (κ3) is 3.86.